The Morgan fingerprint density at radius 2 is 1.89 bits per heavy atom. The van der Waals surface area contributed by atoms with E-state index in [2.05, 4.69) is 40.7 Å². The molecule has 0 aromatic rings. The van der Waals surface area contributed by atoms with Gasteiger partial charge in [0, 0.05) is 6.61 Å². The first-order valence-electron chi connectivity index (χ1n) is 15.5. The normalized spacial score (nSPS) is 38.2. The number of nitrogens with zero attached hydrogens (tertiary/aromatic N) is 1. The standard InChI is InChI=1S/C32H54NO4/c1-22(2)8-6-9-23(3)27-12-13-28-26-11-10-24-20-25(37-19-7-18-33(36)21-30(34)35)14-16-31(24,4)29(26)15-17-32(27,28)5/h10,22-23,25-29H,6-9,11-21H2,1-5H3,(H,34,35)/q-1/t23-,25+,26?,27-,28?,29?,31+,32-/m1/s1. The van der Waals surface area contributed by atoms with E-state index in [1.54, 1.807) is 5.57 Å². The van der Waals surface area contributed by atoms with Gasteiger partial charge in [-0.1, -0.05) is 65.5 Å². The number of rotatable bonds is 12. The molecular formula is C32H54NO4-. The van der Waals surface area contributed by atoms with Crippen LogP contribution in [0.5, 0.6) is 0 Å². The fraction of sp³-hybridized carbons (Fsp3) is 0.906. The molecule has 4 aliphatic carbocycles. The second-order valence-electron chi connectivity index (χ2n) is 14.1. The number of hydrogen-bond donors (Lipinski definition) is 1. The summed E-state index contributed by atoms with van der Waals surface area (Å²) in [7, 11) is 0. The number of hydrogen-bond acceptors (Lipinski definition) is 4. The number of carboxylic acid groups (broad SMARTS) is 1. The third-order valence-corrected chi connectivity index (χ3v) is 11.5. The van der Waals surface area contributed by atoms with Crippen LogP contribution in [0.25, 0.3) is 0 Å². The Bertz CT molecular complexity index is 811. The summed E-state index contributed by atoms with van der Waals surface area (Å²) in [6.07, 6.45) is 18.0. The second-order valence-corrected chi connectivity index (χ2v) is 14.1. The third-order valence-electron chi connectivity index (χ3n) is 11.5. The summed E-state index contributed by atoms with van der Waals surface area (Å²) >= 11 is 0. The molecule has 3 fully saturated rings. The zero-order chi connectivity index (χ0) is 26.8. The molecule has 212 valence electrons. The Morgan fingerprint density at radius 3 is 2.62 bits per heavy atom. The Balaban J connectivity index is 1.32. The first-order valence-corrected chi connectivity index (χ1v) is 15.5. The quantitative estimate of drug-likeness (QED) is 0.163. The molecule has 4 aliphatic rings. The minimum absolute atomic E-state index is 0.223. The summed E-state index contributed by atoms with van der Waals surface area (Å²) < 4.78 is 6.19. The van der Waals surface area contributed by atoms with E-state index in [0.717, 1.165) is 48.3 Å². The lowest BCUT2D eigenvalue weighted by Gasteiger charge is -2.58. The minimum Gasteiger partial charge on any atom is -0.785 e. The number of aliphatic carboxylic acids is 1. The molecule has 0 saturated heterocycles. The van der Waals surface area contributed by atoms with E-state index in [1.807, 2.05) is 0 Å². The summed E-state index contributed by atoms with van der Waals surface area (Å²) in [5.74, 6) is 4.10. The topological polar surface area (TPSA) is 72.8 Å². The summed E-state index contributed by atoms with van der Waals surface area (Å²) in [5.41, 5.74) is 2.51. The van der Waals surface area contributed by atoms with Crippen molar-refractivity contribution in [1.82, 2.24) is 5.06 Å². The molecule has 0 aromatic carbocycles. The van der Waals surface area contributed by atoms with E-state index in [0.29, 0.717) is 28.9 Å². The Morgan fingerprint density at radius 1 is 1.11 bits per heavy atom. The zero-order valence-corrected chi connectivity index (χ0v) is 24.3. The minimum atomic E-state index is -1.07. The van der Waals surface area contributed by atoms with Crippen LogP contribution in [0, 0.1) is 51.5 Å². The van der Waals surface area contributed by atoms with E-state index in [9.17, 15) is 10.0 Å². The Kier molecular flexibility index (Phi) is 9.50. The molecule has 5 heteroatoms. The number of hydroxylamine groups is 2. The maximum absolute atomic E-state index is 11.6. The predicted molar refractivity (Wildman–Crippen MR) is 150 cm³/mol. The summed E-state index contributed by atoms with van der Waals surface area (Å²) in [4.78, 5) is 10.7. The smallest absolute Gasteiger partial charge is 0.316 e. The van der Waals surface area contributed by atoms with E-state index in [1.165, 1.54) is 57.8 Å². The summed E-state index contributed by atoms with van der Waals surface area (Å²) in [5, 5.41) is 20.9. The SMILES string of the molecule is CC(C)CCC[C@@H](C)[C@H]1CCC2C3CC=C4C[C@@H](OCCCN([O-])CC(=O)O)CC[C@]4(C)C3CC[C@@]21C. The lowest BCUT2D eigenvalue weighted by Crippen LogP contribution is -2.51. The highest BCUT2D eigenvalue weighted by Crippen LogP contribution is 2.67. The highest BCUT2D eigenvalue weighted by molar-refractivity contribution is 5.69. The first-order chi connectivity index (χ1) is 17.5. The highest BCUT2D eigenvalue weighted by atomic mass is 16.5. The fourth-order valence-corrected chi connectivity index (χ4v) is 9.52. The summed E-state index contributed by atoms with van der Waals surface area (Å²) in [6.45, 7) is 12.8. The molecule has 0 aromatic heterocycles. The van der Waals surface area contributed by atoms with Crippen LogP contribution < -0.4 is 0 Å². The first kappa shape index (κ1) is 29.1. The Labute approximate surface area is 226 Å². The van der Waals surface area contributed by atoms with E-state index >= 15 is 0 Å². The second kappa shape index (κ2) is 12.1. The predicted octanol–water partition coefficient (Wildman–Crippen LogP) is 7.69. The van der Waals surface area contributed by atoms with Crippen molar-refractivity contribution in [2.45, 2.75) is 118 Å². The van der Waals surface area contributed by atoms with Crippen molar-refractivity contribution >= 4 is 5.97 Å². The van der Waals surface area contributed by atoms with Gasteiger partial charge in [-0.15, -0.1) is 0 Å². The van der Waals surface area contributed by atoms with Crippen molar-refractivity contribution in [3.8, 4) is 0 Å². The molecular weight excluding hydrogens is 462 g/mol. The average Bonchev–Trinajstić information content (AvgIpc) is 3.18. The van der Waals surface area contributed by atoms with Gasteiger partial charge in [0.2, 0.25) is 0 Å². The maximum Gasteiger partial charge on any atom is 0.316 e. The van der Waals surface area contributed by atoms with Crippen molar-refractivity contribution in [1.29, 1.82) is 0 Å². The van der Waals surface area contributed by atoms with Crippen molar-refractivity contribution in [3.05, 3.63) is 16.9 Å². The molecule has 0 spiro atoms. The van der Waals surface area contributed by atoms with Gasteiger partial charge in [0.1, 0.15) is 0 Å². The van der Waals surface area contributed by atoms with Gasteiger partial charge in [-0.25, -0.2) is 0 Å². The van der Waals surface area contributed by atoms with E-state index in [4.69, 9.17) is 9.84 Å². The van der Waals surface area contributed by atoms with E-state index < -0.39 is 12.5 Å². The maximum atomic E-state index is 11.6. The van der Waals surface area contributed by atoms with Gasteiger partial charge in [0.05, 0.1) is 12.6 Å². The van der Waals surface area contributed by atoms with Crippen LogP contribution >= 0.6 is 0 Å². The number of carboxylic acids is 1. The molecule has 0 heterocycles. The van der Waals surface area contributed by atoms with Gasteiger partial charge in [0.15, 0.2) is 0 Å². The van der Waals surface area contributed by atoms with Gasteiger partial charge < -0.3 is 20.1 Å². The molecule has 0 radical (unpaired) electrons. The van der Waals surface area contributed by atoms with E-state index in [-0.39, 0.29) is 12.6 Å². The van der Waals surface area contributed by atoms with Crippen LogP contribution in [0.3, 0.4) is 0 Å². The molecule has 0 aliphatic heterocycles. The monoisotopic (exact) mass is 516 g/mol. The zero-order valence-electron chi connectivity index (χ0n) is 24.3. The molecule has 0 amide bonds. The van der Waals surface area contributed by atoms with Crippen LogP contribution in [0.1, 0.15) is 112 Å². The fourth-order valence-electron chi connectivity index (χ4n) is 9.52. The Hall–Kier alpha value is -0.910. The average molecular weight is 517 g/mol. The van der Waals surface area contributed by atoms with Crippen LogP contribution in [-0.4, -0.2) is 41.9 Å². The largest absolute Gasteiger partial charge is 0.785 e. The van der Waals surface area contributed by atoms with Crippen LogP contribution in [0.2, 0.25) is 0 Å². The molecule has 37 heavy (non-hydrogen) atoms. The van der Waals surface area contributed by atoms with Gasteiger partial charge >= 0.3 is 5.97 Å². The molecule has 4 rings (SSSR count). The van der Waals surface area contributed by atoms with Gasteiger partial charge in [0.25, 0.3) is 0 Å². The van der Waals surface area contributed by atoms with Crippen molar-refractivity contribution in [3.63, 3.8) is 0 Å². The van der Waals surface area contributed by atoms with Crippen LogP contribution in [0.15, 0.2) is 11.6 Å². The molecule has 5 nitrogen and oxygen atoms in total. The molecule has 0 bridgehead atoms. The number of fused-ring (bicyclic) bond motifs is 5. The van der Waals surface area contributed by atoms with Gasteiger partial charge in [-0.05, 0) is 111 Å². The molecule has 8 atom stereocenters. The van der Waals surface area contributed by atoms with Gasteiger partial charge in [-0.3, -0.25) is 4.79 Å². The van der Waals surface area contributed by atoms with Crippen LogP contribution in [-0.2, 0) is 9.53 Å². The van der Waals surface area contributed by atoms with Crippen molar-refractivity contribution in [2.75, 3.05) is 19.7 Å². The third kappa shape index (κ3) is 6.30. The van der Waals surface area contributed by atoms with Gasteiger partial charge in [-0.2, -0.15) is 0 Å². The highest BCUT2D eigenvalue weighted by Gasteiger charge is 2.59. The number of carbonyl (C=O) groups is 1. The number of ether oxygens (including phenoxy) is 1. The lowest BCUT2D eigenvalue weighted by molar-refractivity contribution is -0.137. The number of allylic oxidation sites excluding steroid dienone is 1. The van der Waals surface area contributed by atoms with Crippen molar-refractivity contribution in [2.24, 2.45) is 46.3 Å². The molecule has 1 N–H and O–H groups in total. The lowest BCUT2D eigenvalue weighted by atomic mass is 9.47. The molecule has 3 unspecified atom stereocenters. The van der Waals surface area contributed by atoms with Crippen LogP contribution in [0.4, 0.5) is 0 Å². The van der Waals surface area contributed by atoms with Crippen molar-refractivity contribution < 1.29 is 14.6 Å². The molecule has 3 saturated carbocycles. The summed E-state index contributed by atoms with van der Waals surface area (Å²) in [6, 6.07) is 0.